The SMILES string of the molecule is C=C/C=C\C=C\NCN/C(CCBr)=N\NC. The standard InChI is InChI=1S/C11H19BrN4/c1-3-4-5-6-9-14-10-15-11(7-8-12)16-13-2/h3-6,9,13-14H,1,7-8,10H2,2H3,(H,15,16)/b5-4-,9-6+. The molecule has 4 nitrogen and oxygen atoms in total. The first kappa shape index (κ1) is 14.8. The fourth-order valence-corrected chi connectivity index (χ4v) is 1.26. The van der Waals surface area contributed by atoms with E-state index in [1.54, 1.807) is 13.1 Å². The zero-order chi connectivity index (χ0) is 12.1. The maximum atomic E-state index is 4.10. The van der Waals surface area contributed by atoms with Gasteiger partial charge >= 0.3 is 0 Å². The summed E-state index contributed by atoms with van der Waals surface area (Å²) in [5.74, 6) is 0.918. The lowest BCUT2D eigenvalue weighted by molar-refractivity contribution is 0.769. The fraction of sp³-hybridized carbons (Fsp3) is 0.364. The lowest BCUT2D eigenvalue weighted by Crippen LogP contribution is -2.32. The van der Waals surface area contributed by atoms with Crippen LogP contribution in [0.4, 0.5) is 0 Å². The average molecular weight is 287 g/mol. The monoisotopic (exact) mass is 286 g/mol. The predicted octanol–water partition coefficient (Wildman–Crippen LogP) is 1.70. The summed E-state index contributed by atoms with van der Waals surface area (Å²) >= 11 is 3.37. The highest BCUT2D eigenvalue weighted by Gasteiger charge is 1.94. The van der Waals surface area contributed by atoms with Crippen molar-refractivity contribution in [3.05, 3.63) is 37.1 Å². The third kappa shape index (κ3) is 9.33. The Morgan fingerprint density at radius 2 is 2.19 bits per heavy atom. The van der Waals surface area contributed by atoms with Gasteiger partial charge in [0.05, 0.1) is 6.67 Å². The van der Waals surface area contributed by atoms with Crippen molar-refractivity contribution in [3.8, 4) is 0 Å². The molecule has 5 heteroatoms. The predicted molar refractivity (Wildman–Crippen MR) is 74.5 cm³/mol. The van der Waals surface area contributed by atoms with E-state index in [0.29, 0.717) is 6.67 Å². The number of nitrogens with one attached hydrogen (secondary N) is 3. The zero-order valence-corrected chi connectivity index (χ0v) is 11.1. The molecule has 90 valence electrons. The van der Waals surface area contributed by atoms with E-state index in [-0.39, 0.29) is 0 Å². The minimum Gasteiger partial charge on any atom is -0.374 e. The summed E-state index contributed by atoms with van der Waals surface area (Å²) in [5.41, 5.74) is 2.76. The molecular formula is C11H19BrN4. The van der Waals surface area contributed by atoms with Gasteiger partial charge in [-0.1, -0.05) is 40.7 Å². The molecule has 0 aromatic rings. The Morgan fingerprint density at radius 1 is 1.38 bits per heavy atom. The van der Waals surface area contributed by atoms with Crippen LogP contribution >= 0.6 is 15.9 Å². The molecule has 0 atom stereocenters. The summed E-state index contributed by atoms with van der Waals surface area (Å²) in [7, 11) is 1.78. The van der Waals surface area contributed by atoms with Crippen molar-refractivity contribution in [1.82, 2.24) is 16.1 Å². The molecule has 0 aliphatic rings. The second-order valence-electron chi connectivity index (χ2n) is 2.76. The van der Waals surface area contributed by atoms with Crippen LogP contribution in [0.1, 0.15) is 6.42 Å². The topological polar surface area (TPSA) is 48.5 Å². The maximum Gasteiger partial charge on any atom is 0.124 e. The highest BCUT2D eigenvalue weighted by molar-refractivity contribution is 9.09. The number of nitrogens with zero attached hydrogens (tertiary/aromatic N) is 1. The normalized spacial score (nSPS) is 12.0. The third-order valence-corrected chi connectivity index (χ3v) is 1.94. The molecule has 0 radical (unpaired) electrons. The Hall–Kier alpha value is -1.23. The van der Waals surface area contributed by atoms with Crippen molar-refractivity contribution in [3.63, 3.8) is 0 Å². The molecule has 0 aromatic carbocycles. The molecule has 16 heavy (non-hydrogen) atoms. The Kier molecular flexibility index (Phi) is 10.9. The Balaban J connectivity index is 3.69. The smallest absolute Gasteiger partial charge is 0.124 e. The minimum atomic E-state index is 0.645. The first-order chi connectivity index (χ1) is 7.85. The Labute approximate surface area is 106 Å². The number of allylic oxidation sites excluding steroid dienone is 4. The van der Waals surface area contributed by atoms with Crippen LogP contribution < -0.4 is 16.1 Å². The van der Waals surface area contributed by atoms with Gasteiger partial charge in [-0.05, 0) is 12.3 Å². The van der Waals surface area contributed by atoms with Gasteiger partial charge in [0.2, 0.25) is 0 Å². The summed E-state index contributed by atoms with van der Waals surface area (Å²) in [6.45, 7) is 4.22. The molecule has 0 aliphatic heterocycles. The third-order valence-electron chi connectivity index (χ3n) is 1.54. The van der Waals surface area contributed by atoms with Crippen molar-refractivity contribution in [2.45, 2.75) is 6.42 Å². The second-order valence-corrected chi connectivity index (χ2v) is 3.55. The van der Waals surface area contributed by atoms with E-state index in [4.69, 9.17) is 0 Å². The van der Waals surface area contributed by atoms with Crippen molar-refractivity contribution >= 4 is 21.8 Å². The van der Waals surface area contributed by atoms with Gasteiger partial charge in [-0.25, -0.2) is 0 Å². The molecule has 0 unspecified atom stereocenters. The Morgan fingerprint density at radius 3 is 2.81 bits per heavy atom. The van der Waals surface area contributed by atoms with Gasteiger partial charge in [0, 0.05) is 18.8 Å². The maximum absolute atomic E-state index is 4.10. The summed E-state index contributed by atoms with van der Waals surface area (Å²) < 4.78 is 0. The van der Waals surface area contributed by atoms with Crippen LogP contribution in [0.5, 0.6) is 0 Å². The van der Waals surface area contributed by atoms with Crippen molar-refractivity contribution < 1.29 is 0 Å². The highest BCUT2D eigenvalue weighted by atomic mass is 79.9. The number of hydrazone groups is 1. The lowest BCUT2D eigenvalue weighted by atomic mass is 10.4. The van der Waals surface area contributed by atoms with E-state index in [0.717, 1.165) is 17.6 Å². The molecule has 0 bridgehead atoms. The highest BCUT2D eigenvalue weighted by Crippen LogP contribution is 1.88. The second kappa shape index (κ2) is 11.8. The minimum absolute atomic E-state index is 0.645. The van der Waals surface area contributed by atoms with Crippen LogP contribution in [0, 0.1) is 0 Å². The number of hydrogen-bond acceptors (Lipinski definition) is 3. The van der Waals surface area contributed by atoms with Crippen molar-refractivity contribution in [2.75, 3.05) is 19.0 Å². The molecule has 0 fully saturated rings. The van der Waals surface area contributed by atoms with Gasteiger partial charge in [-0.15, -0.1) is 0 Å². The van der Waals surface area contributed by atoms with Crippen molar-refractivity contribution in [1.29, 1.82) is 0 Å². The van der Waals surface area contributed by atoms with Crippen LogP contribution in [0.15, 0.2) is 42.2 Å². The number of halogens is 1. The van der Waals surface area contributed by atoms with Crippen LogP contribution in [-0.4, -0.2) is 24.9 Å². The van der Waals surface area contributed by atoms with Gasteiger partial charge < -0.3 is 16.1 Å². The summed E-state index contributed by atoms with van der Waals surface area (Å²) in [6, 6.07) is 0. The van der Waals surface area contributed by atoms with Gasteiger partial charge in [0.25, 0.3) is 0 Å². The molecule has 0 saturated heterocycles. The van der Waals surface area contributed by atoms with E-state index in [1.807, 2.05) is 24.4 Å². The molecule has 0 amide bonds. The quantitative estimate of drug-likeness (QED) is 0.121. The number of amidine groups is 1. The molecule has 0 aliphatic carbocycles. The van der Waals surface area contributed by atoms with Gasteiger partial charge in [0.1, 0.15) is 5.84 Å². The molecule has 0 heterocycles. The van der Waals surface area contributed by atoms with Crippen LogP contribution in [-0.2, 0) is 0 Å². The van der Waals surface area contributed by atoms with Crippen LogP contribution in [0.3, 0.4) is 0 Å². The van der Waals surface area contributed by atoms with E-state index < -0.39 is 0 Å². The Bertz CT molecular complexity index is 259. The van der Waals surface area contributed by atoms with Crippen molar-refractivity contribution in [2.24, 2.45) is 5.10 Å². The summed E-state index contributed by atoms with van der Waals surface area (Å²) in [5, 5.41) is 11.2. The lowest BCUT2D eigenvalue weighted by Gasteiger charge is -2.07. The zero-order valence-electron chi connectivity index (χ0n) is 9.54. The van der Waals surface area contributed by atoms with Gasteiger partial charge in [-0.2, -0.15) is 5.10 Å². The number of rotatable bonds is 8. The number of alkyl halides is 1. The fourth-order valence-electron chi connectivity index (χ4n) is 0.887. The first-order valence-corrected chi connectivity index (χ1v) is 6.18. The van der Waals surface area contributed by atoms with Crippen LogP contribution in [0.2, 0.25) is 0 Å². The molecule has 0 saturated carbocycles. The molecule has 0 rings (SSSR count). The van der Waals surface area contributed by atoms with E-state index in [9.17, 15) is 0 Å². The van der Waals surface area contributed by atoms with E-state index in [1.165, 1.54) is 0 Å². The first-order valence-electron chi connectivity index (χ1n) is 5.06. The largest absolute Gasteiger partial charge is 0.374 e. The van der Waals surface area contributed by atoms with E-state index >= 15 is 0 Å². The molecule has 0 aromatic heterocycles. The molecule has 3 N–H and O–H groups in total. The molecular weight excluding hydrogens is 268 g/mol. The van der Waals surface area contributed by atoms with Gasteiger partial charge in [0.15, 0.2) is 0 Å². The van der Waals surface area contributed by atoms with E-state index in [2.05, 4.69) is 43.7 Å². The number of hydrogen-bond donors (Lipinski definition) is 3. The molecule has 0 spiro atoms. The van der Waals surface area contributed by atoms with Crippen LogP contribution in [0.25, 0.3) is 0 Å². The summed E-state index contributed by atoms with van der Waals surface area (Å²) in [4.78, 5) is 0. The average Bonchev–Trinajstić information content (AvgIpc) is 2.28. The van der Waals surface area contributed by atoms with Gasteiger partial charge in [-0.3, -0.25) is 0 Å². The summed E-state index contributed by atoms with van der Waals surface area (Å²) in [6.07, 6.45) is 10.1.